The van der Waals surface area contributed by atoms with E-state index in [2.05, 4.69) is 5.32 Å². The molecule has 0 amide bonds. The van der Waals surface area contributed by atoms with Gasteiger partial charge in [0.25, 0.3) is 0 Å². The molecule has 1 heterocycles. The second kappa shape index (κ2) is 8.21. The first-order chi connectivity index (χ1) is 6.93. The molecule has 0 aliphatic carbocycles. The average Bonchev–Trinajstić information content (AvgIpc) is 2.69. The Morgan fingerprint density at radius 2 is 2.29 bits per heavy atom. The minimum atomic E-state index is 0.529. The highest BCUT2D eigenvalue weighted by Crippen LogP contribution is 2.14. The molecule has 0 aromatic rings. The first kappa shape index (κ1) is 12.0. The van der Waals surface area contributed by atoms with Gasteiger partial charge in [0.2, 0.25) is 0 Å². The van der Waals surface area contributed by atoms with E-state index in [9.17, 15) is 0 Å². The van der Waals surface area contributed by atoms with Gasteiger partial charge < -0.3 is 14.8 Å². The van der Waals surface area contributed by atoms with E-state index in [1.807, 2.05) is 0 Å². The van der Waals surface area contributed by atoms with Crippen LogP contribution in [-0.2, 0) is 9.47 Å². The van der Waals surface area contributed by atoms with Gasteiger partial charge in [-0.2, -0.15) is 0 Å². The lowest BCUT2D eigenvalue weighted by molar-refractivity contribution is 0.104. The Labute approximate surface area is 87.2 Å². The van der Waals surface area contributed by atoms with Crippen molar-refractivity contribution in [3.8, 4) is 0 Å². The molecule has 1 aliphatic rings. The molecule has 3 nitrogen and oxygen atoms in total. The Hall–Kier alpha value is -0.120. The Kier molecular flexibility index (Phi) is 7.01. The molecular weight excluding hydrogens is 178 g/mol. The fraction of sp³-hybridized carbons (Fsp3) is 1.00. The topological polar surface area (TPSA) is 30.5 Å². The standard InChI is InChI=1S/C11H23NO2/c1-13-9-3-2-7-12-8-6-11-5-4-10-14-11/h11-12H,2-10H2,1H3. The van der Waals surface area contributed by atoms with E-state index in [1.165, 1.54) is 25.7 Å². The zero-order valence-electron chi connectivity index (χ0n) is 9.26. The molecule has 0 aromatic heterocycles. The maximum Gasteiger partial charge on any atom is 0.0588 e. The van der Waals surface area contributed by atoms with Crippen molar-refractivity contribution in [2.75, 3.05) is 33.4 Å². The third kappa shape index (κ3) is 5.58. The van der Waals surface area contributed by atoms with Gasteiger partial charge in [0, 0.05) is 20.3 Å². The lowest BCUT2D eigenvalue weighted by Gasteiger charge is -2.09. The lowest BCUT2D eigenvalue weighted by atomic mass is 10.2. The minimum Gasteiger partial charge on any atom is -0.385 e. The minimum absolute atomic E-state index is 0.529. The summed E-state index contributed by atoms with van der Waals surface area (Å²) in [6.45, 7) is 4.06. The van der Waals surface area contributed by atoms with Crippen molar-refractivity contribution < 1.29 is 9.47 Å². The quantitative estimate of drug-likeness (QED) is 0.605. The summed E-state index contributed by atoms with van der Waals surface area (Å²) in [5, 5.41) is 3.44. The third-order valence-electron chi connectivity index (χ3n) is 2.62. The number of methoxy groups -OCH3 is 1. The zero-order chi connectivity index (χ0) is 10.1. The van der Waals surface area contributed by atoms with Crippen molar-refractivity contribution >= 4 is 0 Å². The lowest BCUT2D eigenvalue weighted by Crippen LogP contribution is -2.21. The van der Waals surface area contributed by atoms with Gasteiger partial charge in [0.05, 0.1) is 6.10 Å². The predicted octanol–water partition coefficient (Wildman–Crippen LogP) is 1.57. The van der Waals surface area contributed by atoms with Crippen molar-refractivity contribution in [1.29, 1.82) is 0 Å². The summed E-state index contributed by atoms with van der Waals surface area (Å²) in [7, 11) is 1.75. The molecule has 14 heavy (non-hydrogen) atoms. The Bertz CT molecular complexity index is 124. The summed E-state index contributed by atoms with van der Waals surface area (Å²) in [6.07, 6.45) is 6.57. The number of unbranched alkanes of at least 4 members (excludes halogenated alkanes) is 1. The Morgan fingerprint density at radius 1 is 1.36 bits per heavy atom. The van der Waals surface area contributed by atoms with Crippen molar-refractivity contribution in [1.82, 2.24) is 5.32 Å². The summed E-state index contributed by atoms with van der Waals surface area (Å²) in [4.78, 5) is 0. The van der Waals surface area contributed by atoms with E-state index in [-0.39, 0.29) is 0 Å². The first-order valence-corrected chi connectivity index (χ1v) is 5.74. The predicted molar refractivity (Wildman–Crippen MR) is 57.6 cm³/mol. The van der Waals surface area contributed by atoms with Gasteiger partial charge in [0.1, 0.15) is 0 Å². The molecule has 0 bridgehead atoms. The number of rotatable bonds is 8. The van der Waals surface area contributed by atoms with E-state index >= 15 is 0 Å². The second-order valence-electron chi connectivity index (χ2n) is 3.87. The zero-order valence-corrected chi connectivity index (χ0v) is 9.26. The van der Waals surface area contributed by atoms with Gasteiger partial charge in [-0.3, -0.25) is 0 Å². The van der Waals surface area contributed by atoms with Crippen molar-refractivity contribution in [2.24, 2.45) is 0 Å². The number of nitrogens with one attached hydrogen (secondary N) is 1. The highest BCUT2D eigenvalue weighted by atomic mass is 16.5. The molecule has 3 heteroatoms. The molecule has 1 unspecified atom stereocenters. The molecule has 0 spiro atoms. The SMILES string of the molecule is COCCCCNCCC1CCCO1. The molecule has 0 aromatic carbocycles. The summed E-state index contributed by atoms with van der Waals surface area (Å²) in [5.74, 6) is 0. The largest absolute Gasteiger partial charge is 0.385 e. The van der Waals surface area contributed by atoms with Crippen LogP contribution < -0.4 is 5.32 Å². The van der Waals surface area contributed by atoms with Crippen LogP contribution in [-0.4, -0.2) is 39.5 Å². The van der Waals surface area contributed by atoms with Crippen LogP contribution in [0.4, 0.5) is 0 Å². The van der Waals surface area contributed by atoms with Crippen molar-refractivity contribution in [2.45, 2.75) is 38.2 Å². The van der Waals surface area contributed by atoms with Crippen LogP contribution in [0.15, 0.2) is 0 Å². The molecule has 1 rings (SSSR count). The van der Waals surface area contributed by atoms with Gasteiger partial charge in [-0.15, -0.1) is 0 Å². The van der Waals surface area contributed by atoms with Crippen LogP contribution in [0.1, 0.15) is 32.1 Å². The normalized spacial score (nSPS) is 21.6. The Morgan fingerprint density at radius 3 is 3.00 bits per heavy atom. The second-order valence-corrected chi connectivity index (χ2v) is 3.87. The van der Waals surface area contributed by atoms with Gasteiger partial charge in [-0.25, -0.2) is 0 Å². The number of hydrogen-bond donors (Lipinski definition) is 1. The van der Waals surface area contributed by atoms with E-state index in [1.54, 1.807) is 7.11 Å². The van der Waals surface area contributed by atoms with E-state index in [0.717, 1.165) is 32.7 Å². The summed E-state index contributed by atoms with van der Waals surface area (Å²) in [6, 6.07) is 0. The number of ether oxygens (including phenoxy) is 2. The number of hydrogen-bond acceptors (Lipinski definition) is 3. The summed E-state index contributed by atoms with van der Waals surface area (Å²) < 4.78 is 10.5. The molecule has 0 radical (unpaired) electrons. The van der Waals surface area contributed by atoms with Crippen LogP contribution in [0.3, 0.4) is 0 Å². The highest BCUT2D eigenvalue weighted by molar-refractivity contribution is 4.65. The van der Waals surface area contributed by atoms with Gasteiger partial charge >= 0.3 is 0 Å². The van der Waals surface area contributed by atoms with Gasteiger partial charge in [0.15, 0.2) is 0 Å². The van der Waals surface area contributed by atoms with E-state index in [4.69, 9.17) is 9.47 Å². The molecule has 1 atom stereocenters. The highest BCUT2D eigenvalue weighted by Gasteiger charge is 2.13. The summed E-state index contributed by atoms with van der Waals surface area (Å²) in [5.41, 5.74) is 0. The maximum atomic E-state index is 5.54. The average molecular weight is 201 g/mol. The van der Waals surface area contributed by atoms with Gasteiger partial charge in [-0.1, -0.05) is 0 Å². The molecule has 84 valence electrons. The van der Waals surface area contributed by atoms with Crippen LogP contribution in [0.5, 0.6) is 0 Å². The monoisotopic (exact) mass is 201 g/mol. The fourth-order valence-electron chi connectivity index (χ4n) is 1.76. The van der Waals surface area contributed by atoms with E-state index < -0.39 is 0 Å². The first-order valence-electron chi connectivity index (χ1n) is 5.74. The van der Waals surface area contributed by atoms with Crippen molar-refractivity contribution in [3.05, 3.63) is 0 Å². The van der Waals surface area contributed by atoms with E-state index in [0.29, 0.717) is 6.10 Å². The molecular formula is C11H23NO2. The van der Waals surface area contributed by atoms with Crippen LogP contribution >= 0.6 is 0 Å². The summed E-state index contributed by atoms with van der Waals surface area (Å²) >= 11 is 0. The third-order valence-corrected chi connectivity index (χ3v) is 2.62. The molecule has 1 saturated heterocycles. The maximum absolute atomic E-state index is 5.54. The Balaban J connectivity index is 1.75. The van der Waals surface area contributed by atoms with Crippen LogP contribution in [0.2, 0.25) is 0 Å². The van der Waals surface area contributed by atoms with Crippen LogP contribution in [0, 0.1) is 0 Å². The smallest absolute Gasteiger partial charge is 0.0588 e. The van der Waals surface area contributed by atoms with Crippen molar-refractivity contribution in [3.63, 3.8) is 0 Å². The van der Waals surface area contributed by atoms with Crippen LogP contribution in [0.25, 0.3) is 0 Å². The van der Waals surface area contributed by atoms with Gasteiger partial charge in [-0.05, 0) is 45.2 Å². The fourth-order valence-corrected chi connectivity index (χ4v) is 1.76. The molecule has 1 fully saturated rings. The molecule has 0 saturated carbocycles. The molecule has 1 aliphatic heterocycles. The molecule has 1 N–H and O–H groups in total.